The molecule has 3 aromatic rings. The molecule has 0 bridgehead atoms. The van der Waals surface area contributed by atoms with Gasteiger partial charge in [0, 0.05) is 9.13 Å². The molecule has 1 heterocycles. The third kappa shape index (κ3) is 5.70. The van der Waals surface area contributed by atoms with Crippen molar-refractivity contribution >= 4 is 56.5 Å². The number of carbonyl (C=O) groups is 1. The maximum Gasteiger partial charge on any atom is 0.363 e. The van der Waals surface area contributed by atoms with Crippen LogP contribution in [0.15, 0.2) is 69.8 Å². The van der Waals surface area contributed by atoms with Crippen molar-refractivity contribution in [3.05, 3.63) is 96.2 Å². The number of halogens is 2. The molecule has 7 heteroatoms. The minimum Gasteiger partial charge on any atom is -0.490 e. The summed E-state index contributed by atoms with van der Waals surface area (Å²) in [5, 5.41) is 0. The number of nitrogens with zero attached hydrogens (tertiary/aromatic N) is 1. The molecular weight excluding hydrogens is 609 g/mol. The zero-order valence-electron chi connectivity index (χ0n) is 19.0. The van der Waals surface area contributed by atoms with Crippen LogP contribution >= 0.6 is 38.5 Å². The Morgan fingerprint density at radius 3 is 2.65 bits per heavy atom. The Balaban J connectivity index is 1.61. The van der Waals surface area contributed by atoms with Crippen molar-refractivity contribution in [1.29, 1.82) is 0 Å². The largest absolute Gasteiger partial charge is 0.490 e. The van der Waals surface area contributed by atoms with Gasteiger partial charge in [0.15, 0.2) is 17.2 Å². The van der Waals surface area contributed by atoms with E-state index in [0.29, 0.717) is 30.6 Å². The van der Waals surface area contributed by atoms with Crippen LogP contribution in [0.2, 0.25) is 0 Å². The van der Waals surface area contributed by atoms with Crippen LogP contribution in [0.4, 0.5) is 0 Å². The lowest BCUT2D eigenvalue weighted by Gasteiger charge is -2.15. The third-order valence-electron chi connectivity index (χ3n) is 5.13. The van der Waals surface area contributed by atoms with Gasteiger partial charge >= 0.3 is 5.97 Å². The minimum atomic E-state index is -0.486. The summed E-state index contributed by atoms with van der Waals surface area (Å²) in [4.78, 5) is 16.9. The number of ether oxygens (including phenoxy) is 3. The first-order valence-corrected chi connectivity index (χ1v) is 12.6. The Kier molecular flexibility index (Phi) is 7.73. The molecule has 0 saturated heterocycles. The Morgan fingerprint density at radius 1 is 1.09 bits per heavy atom. The van der Waals surface area contributed by atoms with Gasteiger partial charge < -0.3 is 14.2 Å². The third-order valence-corrected chi connectivity index (χ3v) is 6.93. The monoisotopic (exact) mass is 631 g/mol. The van der Waals surface area contributed by atoms with Gasteiger partial charge in [-0.1, -0.05) is 29.8 Å². The van der Waals surface area contributed by atoms with E-state index >= 15 is 0 Å². The van der Waals surface area contributed by atoms with Crippen molar-refractivity contribution in [3.8, 4) is 11.5 Å². The molecule has 0 fully saturated rings. The zero-order chi connectivity index (χ0) is 24.2. The predicted molar refractivity (Wildman–Crippen MR) is 145 cm³/mol. The molecule has 0 saturated carbocycles. The SMILES string of the molecule is CCOc1cc(/C=C2\N=C(c3ccc(I)c(C)c3)OC2=O)cc(Br)c1OCc1cccc(C)c1. The lowest BCUT2D eigenvalue weighted by Crippen LogP contribution is -2.05. The molecule has 0 radical (unpaired) electrons. The summed E-state index contributed by atoms with van der Waals surface area (Å²) in [6, 6.07) is 17.7. The van der Waals surface area contributed by atoms with Crippen molar-refractivity contribution in [1.82, 2.24) is 0 Å². The van der Waals surface area contributed by atoms with Gasteiger partial charge in [-0.05, 0) is 112 Å². The second kappa shape index (κ2) is 10.7. The highest BCUT2D eigenvalue weighted by Crippen LogP contribution is 2.38. The molecule has 0 aliphatic carbocycles. The molecule has 3 aromatic carbocycles. The fourth-order valence-corrected chi connectivity index (χ4v) is 4.41. The van der Waals surface area contributed by atoms with Crippen LogP contribution in [0.25, 0.3) is 6.08 Å². The number of carbonyl (C=O) groups excluding carboxylic acids is 1. The molecule has 5 nitrogen and oxygen atoms in total. The summed E-state index contributed by atoms with van der Waals surface area (Å²) in [6.45, 7) is 6.86. The van der Waals surface area contributed by atoms with Crippen LogP contribution in [0.3, 0.4) is 0 Å². The average molecular weight is 632 g/mol. The van der Waals surface area contributed by atoms with E-state index < -0.39 is 5.97 Å². The van der Waals surface area contributed by atoms with Crippen LogP contribution in [0.1, 0.15) is 34.7 Å². The number of cyclic esters (lactones) is 1. The van der Waals surface area contributed by atoms with Gasteiger partial charge in [0.2, 0.25) is 5.90 Å². The van der Waals surface area contributed by atoms with E-state index in [4.69, 9.17) is 14.2 Å². The number of hydrogen-bond acceptors (Lipinski definition) is 5. The summed E-state index contributed by atoms with van der Waals surface area (Å²) in [5.41, 5.74) is 5.09. The van der Waals surface area contributed by atoms with Crippen molar-refractivity contribution < 1.29 is 19.0 Å². The Hall–Kier alpha value is -2.65. The van der Waals surface area contributed by atoms with Crippen LogP contribution in [0, 0.1) is 17.4 Å². The highest BCUT2D eigenvalue weighted by atomic mass is 127. The molecule has 0 atom stereocenters. The second-order valence-electron chi connectivity index (χ2n) is 7.84. The molecule has 1 aliphatic rings. The number of esters is 1. The standard InChI is InChI=1S/C27H23BrINO4/c1-4-32-24-14-19(12-21(28)25(24)33-15-18-7-5-6-16(2)10-18)13-23-27(31)34-26(30-23)20-8-9-22(29)17(3)11-20/h5-14H,4,15H2,1-3H3/b23-13-. The van der Waals surface area contributed by atoms with Gasteiger partial charge in [0.25, 0.3) is 0 Å². The molecule has 0 unspecified atom stereocenters. The number of hydrogen-bond donors (Lipinski definition) is 0. The van der Waals surface area contributed by atoms with E-state index in [1.54, 1.807) is 6.08 Å². The molecule has 0 N–H and O–H groups in total. The Labute approximate surface area is 221 Å². The van der Waals surface area contributed by atoms with Crippen LogP contribution in [-0.4, -0.2) is 18.5 Å². The summed E-state index contributed by atoms with van der Waals surface area (Å²) in [5.74, 6) is 1.01. The predicted octanol–water partition coefficient (Wildman–Crippen LogP) is 6.99. The van der Waals surface area contributed by atoms with Crippen molar-refractivity contribution in [2.75, 3.05) is 6.61 Å². The summed E-state index contributed by atoms with van der Waals surface area (Å²) >= 11 is 5.86. The van der Waals surface area contributed by atoms with Gasteiger partial charge in [-0.25, -0.2) is 9.79 Å². The molecule has 4 rings (SSSR count). The van der Waals surface area contributed by atoms with E-state index in [0.717, 1.165) is 30.3 Å². The fourth-order valence-electron chi connectivity index (χ4n) is 3.50. The van der Waals surface area contributed by atoms with Gasteiger partial charge in [-0.3, -0.25) is 0 Å². The number of benzene rings is 3. The van der Waals surface area contributed by atoms with Gasteiger partial charge in [0.1, 0.15) is 6.61 Å². The Morgan fingerprint density at radius 2 is 1.91 bits per heavy atom. The van der Waals surface area contributed by atoms with E-state index in [1.165, 1.54) is 5.56 Å². The van der Waals surface area contributed by atoms with Crippen molar-refractivity contribution in [3.63, 3.8) is 0 Å². The first-order chi connectivity index (χ1) is 16.3. The summed E-state index contributed by atoms with van der Waals surface area (Å²) in [7, 11) is 0. The zero-order valence-corrected chi connectivity index (χ0v) is 22.8. The van der Waals surface area contributed by atoms with Crippen LogP contribution in [0.5, 0.6) is 11.5 Å². The fraction of sp³-hybridized carbons (Fsp3) is 0.185. The van der Waals surface area contributed by atoms with Crippen LogP contribution in [-0.2, 0) is 16.1 Å². The smallest absolute Gasteiger partial charge is 0.363 e. The van der Waals surface area contributed by atoms with E-state index in [2.05, 4.69) is 62.6 Å². The number of aliphatic imine (C=N–C) groups is 1. The quantitative estimate of drug-likeness (QED) is 0.160. The highest BCUT2D eigenvalue weighted by molar-refractivity contribution is 14.1. The molecule has 34 heavy (non-hydrogen) atoms. The van der Waals surface area contributed by atoms with Gasteiger partial charge in [-0.2, -0.15) is 0 Å². The minimum absolute atomic E-state index is 0.231. The second-order valence-corrected chi connectivity index (χ2v) is 9.86. The van der Waals surface area contributed by atoms with E-state index in [1.807, 2.05) is 56.3 Å². The molecule has 174 valence electrons. The lowest BCUT2D eigenvalue weighted by atomic mass is 10.1. The average Bonchev–Trinajstić information content (AvgIpc) is 3.15. The van der Waals surface area contributed by atoms with Crippen molar-refractivity contribution in [2.24, 2.45) is 4.99 Å². The van der Waals surface area contributed by atoms with Gasteiger partial charge in [0.05, 0.1) is 11.1 Å². The number of aryl methyl sites for hydroxylation is 2. The first kappa shape index (κ1) is 24.5. The topological polar surface area (TPSA) is 57.1 Å². The molecule has 0 amide bonds. The summed E-state index contributed by atoms with van der Waals surface area (Å²) < 4.78 is 19.2. The van der Waals surface area contributed by atoms with E-state index in [-0.39, 0.29) is 5.70 Å². The van der Waals surface area contributed by atoms with E-state index in [9.17, 15) is 4.79 Å². The first-order valence-electron chi connectivity index (χ1n) is 10.8. The highest BCUT2D eigenvalue weighted by Gasteiger charge is 2.25. The maximum absolute atomic E-state index is 12.5. The molecule has 0 spiro atoms. The molecule has 0 aromatic heterocycles. The van der Waals surface area contributed by atoms with Crippen LogP contribution < -0.4 is 9.47 Å². The van der Waals surface area contributed by atoms with Crippen molar-refractivity contribution in [2.45, 2.75) is 27.4 Å². The summed E-state index contributed by atoms with van der Waals surface area (Å²) in [6.07, 6.45) is 1.69. The molecule has 1 aliphatic heterocycles. The lowest BCUT2D eigenvalue weighted by molar-refractivity contribution is -0.129. The van der Waals surface area contributed by atoms with Gasteiger partial charge in [-0.15, -0.1) is 0 Å². The molecular formula is C27H23BrINO4. The Bertz CT molecular complexity index is 1320. The number of rotatable bonds is 7. The maximum atomic E-state index is 12.5. The normalized spacial score (nSPS) is 14.2.